The molecule has 6 heteroatoms. The molecule has 0 bridgehead atoms. The topological polar surface area (TPSA) is 70.1 Å². The fraction of sp³-hybridized carbons (Fsp3) is 0.833. The number of aliphatic carboxylic acids is 1. The SMILES string of the molecule is COCCN(CC(=O)O)C(=O)N1CCCCC1C. The highest BCUT2D eigenvalue weighted by molar-refractivity contribution is 5.80. The molecule has 0 aromatic heterocycles. The van der Waals surface area contributed by atoms with Crippen LogP contribution < -0.4 is 0 Å². The van der Waals surface area contributed by atoms with Crippen LogP contribution in [0.1, 0.15) is 26.2 Å². The molecule has 0 spiro atoms. The minimum Gasteiger partial charge on any atom is -0.480 e. The summed E-state index contributed by atoms with van der Waals surface area (Å²) in [4.78, 5) is 26.2. The van der Waals surface area contributed by atoms with E-state index in [2.05, 4.69) is 0 Å². The van der Waals surface area contributed by atoms with Crippen LogP contribution in [0.15, 0.2) is 0 Å². The zero-order valence-electron chi connectivity index (χ0n) is 11.1. The lowest BCUT2D eigenvalue weighted by Gasteiger charge is -2.37. The summed E-state index contributed by atoms with van der Waals surface area (Å²) in [6.07, 6.45) is 3.10. The number of carbonyl (C=O) groups excluding carboxylic acids is 1. The first-order valence-corrected chi connectivity index (χ1v) is 6.32. The van der Waals surface area contributed by atoms with E-state index in [1.807, 2.05) is 6.92 Å². The first kappa shape index (κ1) is 14.8. The Morgan fingerprint density at radius 2 is 2.17 bits per heavy atom. The molecule has 1 aliphatic heterocycles. The summed E-state index contributed by atoms with van der Waals surface area (Å²) >= 11 is 0. The fourth-order valence-electron chi connectivity index (χ4n) is 2.17. The number of methoxy groups -OCH3 is 1. The minimum atomic E-state index is -0.996. The molecular formula is C12H22N2O4. The van der Waals surface area contributed by atoms with E-state index in [1.54, 1.807) is 4.90 Å². The van der Waals surface area contributed by atoms with Gasteiger partial charge in [0.05, 0.1) is 6.61 Å². The van der Waals surface area contributed by atoms with Gasteiger partial charge in [-0.05, 0) is 26.2 Å². The fourth-order valence-corrected chi connectivity index (χ4v) is 2.17. The van der Waals surface area contributed by atoms with Crippen molar-refractivity contribution in [1.82, 2.24) is 9.80 Å². The number of rotatable bonds is 5. The molecular weight excluding hydrogens is 236 g/mol. The lowest BCUT2D eigenvalue weighted by molar-refractivity contribution is -0.137. The molecule has 0 aliphatic carbocycles. The monoisotopic (exact) mass is 258 g/mol. The molecule has 1 saturated heterocycles. The number of nitrogens with zero attached hydrogens (tertiary/aromatic N) is 2. The van der Waals surface area contributed by atoms with Crippen LogP contribution in [0, 0.1) is 0 Å². The Kier molecular flexibility index (Phi) is 5.91. The molecule has 104 valence electrons. The van der Waals surface area contributed by atoms with E-state index in [1.165, 1.54) is 12.0 Å². The van der Waals surface area contributed by atoms with Crippen LogP contribution in [0.5, 0.6) is 0 Å². The van der Waals surface area contributed by atoms with Gasteiger partial charge in [-0.3, -0.25) is 4.79 Å². The summed E-state index contributed by atoms with van der Waals surface area (Å²) in [7, 11) is 1.53. The Morgan fingerprint density at radius 1 is 1.44 bits per heavy atom. The summed E-state index contributed by atoms with van der Waals surface area (Å²) < 4.78 is 4.91. The van der Waals surface area contributed by atoms with Crippen molar-refractivity contribution in [3.63, 3.8) is 0 Å². The molecule has 1 unspecified atom stereocenters. The summed E-state index contributed by atoms with van der Waals surface area (Å²) in [5.74, 6) is -0.996. The third-order valence-electron chi connectivity index (χ3n) is 3.21. The number of urea groups is 1. The van der Waals surface area contributed by atoms with Crippen molar-refractivity contribution in [2.45, 2.75) is 32.2 Å². The third kappa shape index (κ3) is 4.18. The van der Waals surface area contributed by atoms with Gasteiger partial charge in [-0.2, -0.15) is 0 Å². The molecule has 0 aromatic carbocycles. The molecule has 0 saturated carbocycles. The Bertz CT molecular complexity index is 296. The van der Waals surface area contributed by atoms with E-state index in [0.29, 0.717) is 19.7 Å². The molecule has 0 radical (unpaired) electrons. The van der Waals surface area contributed by atoms with Crippen molar-refractivity contribution >= 4 is 12.0 Å². The summed E-state index contributed by atoms with van der Waals surface area (Å²) in [5.41, 5.74) is 0. The van der Waals surface area contributed by atoms with Crippen LogP contribution in [0.3, 0.4) is 0 Å². The molecule has 1 heterocycles. The van der Waals surface area contributed by atoms with Gasteiger partial charge >= 0.3 is 12.0 Å². The predicted molar refractivity (Wildman–Crippen MR) is 66.5 cm³/mol. The smallest absolute Gasteiger partial charge is 0.323 e. The van der Waals surface area contributed by atoms with Gasteiger partial charge in [0.15, 0.2) is 0 Å². The predicted octanol–water partition coefficient (Wildman–Crippen LogP) is 1.01. The zero-order chi connectivity index (χ0) is 13.5. The highest BCUT2D eigenvalue weighted by Gasteiger charge is 2.28. The van der Waals surface area contributed by atoms with E-state index < -0.39 is 5.97 Å². The number of likely N-dealkylation sites (tertiary alicyclic amines) is 1. The second-order valence-electron chi connectivity index (χ2n) is 4.63. The average molecular weight is 258 g/mol. The van der Waals surface area contributed by atoms with Gasteiger partial charge in [0.2, 0.25) is 0 Å². The number of hydrogen-bond donors (Lipinski definition) is 1. The Balaban J connectivity index is 2.63. The first-order valence-electron chi connectivity index (χ1n) is 6.32. The maximum Gasteiger partial charge on any atom is 0.323 e. The Morgan fingerprint density at radius 3 is 2.72 bits per heavy atom. The maximum atomic E-state index is 12.3. The average Bonchev–Trinajstić information content (AvgIpc) is 2.34. The molecule has 1 atom stereocenters. The standard InChI is InChI=1S/C12H22N2O4/c1-10-5-3-4-6-14(10)12(17)13(7-8-18-2)9-11(15)16/h10H,3-9H2,1-2H3,(H,15,16). The highest BCUT2D eigenvalue weighted by atomic mass is 16.5. The van der Waals surface area contributed by atoms with Crippen LogP contribution in [0.25, 0.3) is 0 Å². The number of carboxylic acids is 1. The van der Waals surface area contributed by atoms with Gasteiger partial charge in [-0.15, -0.1) is 0 Å². The van der Waals surface area contributed by atoms with Crippen molar-refractivity contribution in [2.24, 2.45) is 0 Å². The van der Waals surface area contributed by atoms with Crippen LogP contribution in [0.2, 0.25) is 0 Å². The number of ether oxygens (including phenoxy) is 1. The lowest BCUT2D eigenvalue weighted by atomic mass is 10.0. The van der Waals surface area contributed by atoms with Gasteiger partial charge in [0, 0.05) is 26.2 Å². The quantitative estimate of drug-likeness (QED) is 0.799. The Labute approximate surface area is 107 Å². The van der Waals surface area contributed by atoms with E-state index in [9.17, 15) is 9.59 Å². The van der Waals surface area contributed by atoms with Crippen molar-refractivity contribution in [3.8, 4) is 0 Å². The second kappa shape index (κ2) is 7.20. The number of hydrogen-bond acceptors (Lipinski definition) is 3. The number of amides is 2. The van der Waals surface area contributed by atoms with Gasteiger partial charge in [-0.25, -0.2) is 4.79 Å². The van der Waals surface area contributed by atoms with Crippen molar-refractivity contribution in [2.75, 3.05) is 33.4 Å². The van der Waals surface area contributed by atoms with Crippen LogP contribution >= 0.6 is 0 Å². The molecule has 1 aliphatic rings. The molecule has 18 heavy (non-hydrogen) atoms. The summed E-state index contributed by atoms with van der Waals surface area (Å²) in [5, 5.41) is 8.84. The van der Waals surface area contributed by atoms with Gasteiger partial charge in [0.1, 0.15) is 6.54 Å². The molecule has 6 nitrogen and oxygen atoms in total. The van der Waals surface area contributed by atoms with Crippen LogP contribution in [-0.2, 0) is 9.53 Å². The molecule has 1 rings (SSSR count). The third-order valence-corrected chi connectivity index (χ3v) is 3.21. The van der Waals surface area contributed by atoms with Gasteiger partial charge < -0.3 is 19.6 Å². The van der Waals surface area contributed by atoms with Crippen molar-refractivity contribution in [3.05, 3.63) is 0 Å². The highest BCUT2D eigenvalue weighted by Crippen LogP contribution is 2.18. The summed E-state index contributed by atoms with van der Waals surface area (Å²) in [6, 6.07) is -0.00765. The van der Waals surface area contributed by atoms with Gasteiger partial charge in [-0.1, -0.05) is 0 Å². The largest absolute Gasteiger partial charge is 0.480 e. The van der Waals surface area contributed by atoms with Crippen molar-refractivity contribution < 1.29 is 19.4 Å². The first-order chi connectivity index (χ1) is 8.56. The van der Waals surface area contributed by atoms with Crippen LogP contribution in [0.4, 0.5) is 4.79 Å². The lowest BCUT2D eigenvalue weighted by Crippen LogP contribution is -2.51. The van der Waals surface area contributed by atoms with E-state index in [0.717, 1.165) is 19.3 Å². The van der Waals surface area contributed by atoms with Crippen molar-refractivity contribution in [1.29, 1.82) is 0 Å². The second-order valence-corrected chi connectivity index (χ2v) is 4.63. The maximum absolute atomic E-state index is 12.3. The molecule has 0 aromatic rings. The molecule has 2 amide bonds. The van der Waals surface area contributed by atoms with Gasteiger partial charge in [0.25, 0.3) is 0 Å². The molecule has 1 N–H and O–H groups in total. The zero-order valence-corrected chi connectivity index (χ0v) is 11.1. The minimum absolute atomic E-state index is 0.185. The number of carbonyl (C=O) groups is 2. The normalized spacial score (nSPS) is 19.7. The number of carboxylic acid groups (broad SMARTS) is 1. The Hall–Kier alpha value is -1.30. The summed E-state index contributed by atoms with van der Waals surface area (Å²) in [6.45, 7) is 3.10. The molecule has 1 fully saturated rings. The van der Waals surface area contributed by atoms with E-state index >= 15 is 0 Å². The van der Waals surface area contributed by atoms with Crippen LogP contribution in [-0.4, -0.2) is 66.3 Å². The van der Waals surface area contributed by atoms with E-state index in [4.69, 9.17) is 9.84 Å². The van der Waals surface area contributed by atoms with E-state index in [-0.39, 0.29) is 18.6 Å². The number of piperidine rings is 1.